The molecule has 1 N–H and O–H groups in total. The average molecular weight is 275 g/mol. The second-order valence-electron chi connectivity index (χ2n) is 5.74. The smallest absolute Gasteiger partial charge is 0.323 e. The van der Waals surface area contributed by atoms with E-state index in [2.05, 4.69) is 15.2 Å². The van der Waals surface area contributed by atoms with Crippen LogP contribution in [0.5, 0.6) is 0 Å². The Hall–Kier alpha value is -1.62. The maximum Gasteiger partial charge on any atom is 0.323 e. The third-order valence-electron chi connectivity index (χ3n) is 4.14. The predicted octanol–water partition coefficient (Wildman–Crippen LogP) is 1.52. The maximum atomic E-state index is 11.8. The summed E-state index contributed by atoms with van der Waals surface area (Å²) in [6, 6.07) is 5.84. The van der Waals surface area contributed by atoms with Crippen molar-refractivity contribution in [2.45, 2.75) is 31.9 Å². The van der Waals surface area contributed by atoms with Crippen LogP contribution >= 0.6 is 0 Å². The molecule has 2 saturated heterocycles. The Balaban J connectivity index is 1.49. The third kappa shape index (κ3) is 2.93. The van der Waals surface area contributed by atoms with Crippen LogP contribution in [0.25, 0.3) is 0 Å². The van der Waals surface area contributed by atoms with E-state index in [-0.39, 0.29) is 18.1 Å². The highest BCUT2D eigenvalue weighted by molar-refractivity contribution is 5.78. The molecule has 2 aliphatic rings. The van der Waals surface area contributed by atoms with Gasteiger partial charge in [-0.05, 0) is 37.9 Å². The van der Waals surface area contributed by atoms with E-state index >= 15 is 0 Å². The highest BCUT2D eigenvalue weighted by atomic mass is 16.6. The fourth-order valence-corrected chi connectivity index (χ4v) is 3.06. The van der Waals surface area contributed by atoms with Gasteiger partial charge in [0.1, 0.15) is 18.0 Å². The van der Waals surface area contributed by atoms with Crippen LogP contribution in [0.15, 0.2) is 24.4 Å². The van der Waals surface area contributed by atoms with Gasteiger partial charge in [-0.2, -0.15) is 0 Å². The van der Waals surface area contributed by atoms with Crippen molar-refractivity contribution in [3.05, 3.63) is 24.4 Å². The van der Waals surface area contributed by atoms with Crippen molar-refractivity contribution in [1.82, 2.24) is 9.88 Å². The number of hydrogen-bond acceptors (Lipinski definition) is 5. The number of cyclic esters (lactones) is 1. The molecular formula is C15H21N3O2. The first kappa shape index (κ1) is 13.4. The van der Waals surface area contributed by atoms with Gasteiger partial charge in [-0.1, -0.05) is 6.07 Å². The van der Waals surface area contributed by atoms with E-state index in [1.165, 1.54) is 0 Å². The van der Waals surface area contributed by atoms with Crippen LogP contribution in [-0.2, 0) is 9.53 Å². The van der Waals surface area contributed by atoms with Crippen LogP contribution < -0.4 is 5.32 Å². The summed E-state index contributed by atoms with van der Waals surface area (Å²) in [5.74, 6) is 1.44. The minimum Gasteiger partial charge on any atom is -0.461 e. The van der Waals surface area contributed by atoms with Crippen molar-refractivity contribution < 1.29 is 9.53 Å². The normalized spacial score (nSPS) is 30.4. The van der Waals surface area contributed by atoms with Gasteiger partial charge in [0.05, 0.1) is 0 Å². The molecule has 5 heteroatoms. The number of carbonyl (C=O) groups is 1. The van der Waals surface area contributed by atoms with Crippen molar-refractivity contribution in [1.29, 1.82) is 0 Å². The molecule has 0 amide bonds. The number of nitrogens with zero attached hydrogens (tertiary/aromatic N) is 2. The number of aromatic nitrogens is 1. The summed E-state index contributed by atoms with van der Waals surface area (Å²) in [5, 5.41) is 3.36. The van der Waals surface area contributed by atoms with Crippen LogP contribution in [0.2, 0.25) is 0 Å². The molecule has 1 aromatic rings. The molecule has 0 radical (unpaired) electrons. The van der Waals surface area contributed by atoms with E-state index in [1.54, 1.807) is 6.20 Å². The van der Waals surface area contributed by atoms with Crippen LogP contribution in [0.4, 0.5) is 5.82 Å². The minimum absolute atomic E-state index is 0.0233. The molecule has 108 valence electrons. The van der Waals surface area contributed by atoms with Gasteiger partial charge in [0.2, 0.25) is 0 Å². The zero-order valence-corrected chi connectivity index (χ0v) is 11.8. The van der Waals surface area contributed by atoms with E-state index in [4.69, 9.17) is 4.74 Å². The number of carbonyl (C=O) groups excluding carboxylic acids is 1. The number of ether oxygens (including phenoxy) is 1. The highest BCUT2D eigenvalue weighted by Gasteiger charge is 2.39. The molecule has 0 unspecified atom stereocenters. The molecule has 0 saturated carbocycles. The van der Waals surface area contributed by atoms with Gasteiger partial charge in [-0.15, -0.1) is 0 Å². The van der Waals surface area contributed by atoms with Gasteiger partial charge in [-0.3, -0.25) is 9.69 Å². The SMILES string of the molecule is C[C@@H]1C[C@@H](N2CC[C@H](CNc3ccccn3)C2)C(=O)O1. The third-order valence-corrected chi connectivity index (χ3v) is 4.14. The largest absolute Gasteiger partial charge is 0.461 e. The number of esters is 1. The lowest BCUT2D eigenvalue weighted by Gasteiger charge is -2.20. The molecule has 3 rings (SSSR count). The van der Waals surface area contributed by atoms with E-state index in [0.29, 0.717) is 5.92 Å². The fourth-order valence-electron chi connectivity index (χ4n) is 3.06. The fraction of sp³-hybridized carbons (Fsp3) is 0.600. The Kier molecular flexibility index (Phi) is 3.87. The molecule has 0 spiro atoms. The molecule has 0 aliphatic carbocycles. The first-order valence-electron chi connectivity index (χ1n) is 7.32. The summed E-state index contributed by atoms with van der Waals surface area (Å²) in [6.07, 6.45) is 3.81. The van der Waals surface area contributed by atoms with Gasteiger partial charge in [0, 0.05) is 25.7 Å². The first-order chi connectivity index (χ1) is 9.72. The monoisotopic (exact) mass is 275 g/mol. The molecular weight excluding hydrogens is 254 g/mol. The van der Waals surface area contributed by atoms with Gasteiger partial charge < -0.3 is 10.1 Å². The van der Waals surface area contributed by atoms with Gasteiger partial charge in [0.15, 0.2) is 0 Å². The number of nitrogens with one attached hydrogen (secondary N) is 1. The molecule has 2 aliphatic heterocycles. The van der Waals surface area contributed by atoms with Crippen molar-refractivity contribution in [2.75, 3.05) is 25.0 Å². The van der Waals surface area contributed by atoms with E-state index in [9.17, 15) is 4.79 Å². The van der Waals surface area contributed by atoms with Crippen molar-refractivity contribution >= 4 is 11.8 Å². The zero-order valence-electron chi connectivity index (χ0n) is 11.8. The summed E-state index contributed by atoms with van der Waals surface area (Å²) in [5.41, 5.74) is 0. The topological polar surface area (TPSA) is 54.5 Å². The summed E-state index contributed by atoms with van der Waals surface area (Å²) >= 11 is 0. The Morgan fingerprint density at radius 3 is 3.10 bits per heavy atom. The molecule has 1 aromatic heterocycles. The van der Waals surface area contributed by atoms with Crippen molar-refractivity contribution in [3.8, 4) is 0 Å². The predicted molar refractivity (Wildman–Crippen MR) is 76.4 cm³/mol. The number of rotatable bonds is 4. The minimum atomic E-state index is -0.0455. The number of hydrogen-bond donors (Lipinski definition) is 1. The Morgan fingerprint density at radius 1 is 1.50 bits per heavy atom. The molecule has 3 heterocycles. The second kappa shape index (κ2) is 5.79. The van der Waals surface area contributed by atoms with Crippen LogP contribution in [-0.4, -0.2) is 47.6 Å². The van der Waals surface area contributed by atoms with E-state index in [1.807, 2.05) is 25.1 Å². The number of anilines is 1. The molecule has 20 heavy (non-hydrogen) atoms. The van der Waals surface area contributed by atoms with Crippen molar-refractivity contribution in [2.24, 2.45) is 5.92 Å². The van der Waals surface area contributed by atoms with Crippen LogP contribution in [0.3, 0.4) is 0 Å². The maximum absolute atomic E-state index is 11.8. The lowest BCUT2D eigenvalue weighted by molar-refractivity contribution is -0.144. The van der Waals surface area contributed by atoms with Gasteiger partial charge in [0.25, 0.3) is 0 Å². The van der Waals surface area contributed by atoms with Crippen LogP contribution in [0.1, 0.15) is 19.8 Å². The van der Waals surface area contributed by atoms with Gasteiger partial charge >= 0.3 is 5.97 Å². The Labute approximate surface area is 119 Å². The molecule has 0 bridgehead atoms. The summed E-state index contributed by atoms with van der Waals surface area (Å²) in [4.78, 5) is 18.3. The van der Waals surface area contributed by atoms with E-state index in [0.717, 1.165) is 38.3 Å². The standard InChI is InChI=1S/C15H21N3O2/c1-11-8-13(15(19)20-11)18-7-5-12(10-18)9-17-14-4-2-3-6-16-14/h2-4,6,11-13H,5,7-10H2,1H3,(H,16,17)/t11-,12-,13-/m1/s1. The van der Waals surface area contributed by atoms with Crippen molar-refractivity contribution in [3.63, 3.8) is 0 Å². The molecule has 2 fully saturated rings. The summed E-state index contributed by atoms with van der Waals surface area (Å²) < 4.78 is 5.24. The molecule has 5 nitrogen and oxygen atoms in total. The Bertz CT molecular complexity index is 465. The summed E-state index contributed by atoms with van der Waals surface area (Å²) in [6.45, 7) is 4.83. The lowest BCUT2D eigenvalue weighted by Crippen LogP contribution is -2.37. The highest BCUT2D eigenvalue weighted by Crippen LogP contribution is 2.26. The average Bonchev–Trinajstić information content (AvgIpc) is 3.04. The first-order valence-corrected chi connectivity index (χ1v) is 7.32. The zero-order chi connectivity index (χ0) is 13.9. The van der Waals surface area contributed by atoms with Crippen LogP contribution in [0, 0.1) is 5.92 Å². The van der Waals surface area contributed by atoms with E-state index < -0.39 is 0 Å². The second-order valence-corrected chi connectivity index (χ2v) is 5.74. The number of likely N-dealkylation sites (tertiary alicyclic amines) is 1. The number of pyridine rings is 1. The lowest BCUT2D eigenvalue weighted by atomic mass is 10.1. The summed E-state index contributed by atoms with van der Waals surface area (Å²) in [7, 11) is 0. The molecule has 0 aromatic carbocycles. The quantitative estimate of drug-likeness (QED) is 0.844. The van der Waals surface area contributed by atoms with Gasteiger partial charge in [-0.25, -0.2) is 4.98 Å². The Morgan fingerprint density at radius 2 is 2.40 bits per heavy atom. The molecule has 3 atom stereocenters.